The van der Waals surface area contributed by atoms with Crippen LogP contribution in [-0.4, -0.2) is 45.2 Å². The standard InChI is InChI=1S/C26H30N4O5S2/c1-7-34-19-12-17(8-9-18(19)35-11-10-13(2)3)21-20(22(31)24-14(4)27-15(5)36-24)23(32)25(33)30(21)26-29-28-16(6)37-26/h8-9,12-13,21,32H,7,10-11H2,1-6H3. The van der Waals surface area contributed by atoms with Crippen LogP contribution in [0.2, 0.25) is 0 Å². The van der Waals surface area contributed by atoms with Crippen molar-refractivity contribution in [2.45, 2.75) is 54.0 Å². The zero-order chi connectivity index (χ0) is 26.9. The van der Waals surface area contributed by atoms with Crippen molar-refractivity contribution in [1.82, 2.24) is 15.2 Å². The van der Waals surface area contributed by atoms with E-state index in [9.17, 15) is 14.7 Å². The van der Waals surface area contributed by atoms with E-state index < -0.39 is 23.5 Å². The molecule has 0 spiro atoms. The summed E-state index contributed by atoms with van der Waals surface area (Å²) in [5, 5.41) is 20.8. The van der Waals surface area contributed by atoms with Gasteiger partial charge in [0, 0.05) is 0 Å². The summed E-state index contributed by atoms with van der Waals surface area (Å²) in [6.07, 6.45) is 0.886. The minimum absolute atomic E-state index is 0.0273. The van der Waals surface area contributed by atoms with Gasteiger partial charge in [-0.15, -0.1) is 21.5 Å². The van der Waals surface area contributed by atoms with Crippen molar-refractivity contribution in [3.05, 3.63) is 55.7 Å². The number of aliphatic hydroxyl groups excluding tert-OH is 1. The van der Waals surface area contributed by atoms with E-state index in [0.717, 1.165) is 11.4 Å². The second-order valence-corrected chi connectivity index (χ2v) is 11.5. The molecule has 1 aromatic carbocycles. The van der Waals surface area contributed by atoms with Gasteiger partial charge in [-0.3, -0.25) is 14.5 Å². The molecule has 0 saturated heterocycles. The molecule has 0 radical (unpaired) electrons. The number of ether oxygens (including phenoxy) is 2. The molecule has 0 saturated carbocycles. The number of rotatable bonds is 10. The number of carbonyl (C=O) groups excluding carboxylic acids is 2. The van der Waals surface area contributed by atoms with Crippen molar-refractivity contribution >= 4 is 39.5 Å². The van der Waals surface area contributed by atoms with E-state index in [2.05, 4.69) is 29.0 Å². The minimum atomic E-state index is -0.932. The summed E-state index contributed by atoms with van der Waals surface area (Å²) in [5.74, 6) is -0.208. The second-order valence-electron chi connectivity index (χ2n) is 9.09. The quantitative estimate of drug-likeness (QED) is 0.333. The van der Waals surface area contributed by atoms with Crippen molar-refractivity contribution in [3.63, 3.8) is 0 Å². The first-order chi connectivity index (χ1) is 17.6. The first-order valence-corrected chi connectivity index (χ1v) is 13.7. The largest absolute Gasteiger partial charge is 0.503 e. The number of hydrogen-bond donors (Lipinski definition) is 1. The zero-order valence-electron chi connectivity index (χ0n) is 21.7. The Hall–Kier alpha value is -3.31. The lowest BCUT2D eigenvalue weighted by atomic mass is 9.95. The Kier molecular flexibility index (Phi) is 7.93. The number of Topliss-reactive ketones (excluding diaryl/α,β-unsaturated/α-hetero) is 1. The average molecular weight is 543 g/mol. The molecule has 0 aliphatic carbocycles. The van der Waals surface area contributed by atoms with Gasteiger partial charge in [0.05, 0.1) is 40.4 Å². The molecule has 1 atom stereocenters. The normalized spacial score (nSPS) is 15.7. The predicted octanol–water partition coefficient (Wildman–Crippen LogP) is 5.53. The van der Waals surface area contributed by atoms with Crippen molar-refractivity contribution in [2.75, 3.05) is 18.1 Å². The predicted molar refractivity (Wildman–Crippen MR) is 143 cm³/mol. The summed E-state index contributed by atoms with van der Waals surface area (Å²) >= 11 is 2.44. The van der Waals surface area contributed by atoms with Crippen LogP contribution in [0, 0.1) is 26.7 Å². The number of thiazole rings is 1. The molecule has 196 valence electrons. The van der Waals surface area contributed by atoms with Gasteiger partial charge in [0.25, 0.3) is 5.91 Å². The van der Waals surface area contributed by atoms with Gasteiger partial charge in [0.2, 0.25) is 10.9 Å². The van der Waals surface area contributed by atoms with E-state index in [-0.39, 0.29) is 10.7 Å². The minimum Gasteiger partial charge on any atom is -0.503 e. The summed E-state index contributed by atoms with van der Waals surface area (Å²) < 4.78 is 11.8. The molecule has 9 nitrogen and oxygen atoms in total. The number of aliphatic hydroxyl groups is 1. The molecule has 0 fully saturated rings. The Morgan fingerprint density at radius 1 is 1.11 bits per heavy atom. The lowest BCUT2D eigenvalue weighted by molar-refractivity contribution is -0.117. The molecule has 4 rings (SSSR count). The highest BCUT2D eigenvalue weighted by molar-refractivity contribution is 7.15. The van der Waals surface area contributed by atoms with E-state index >= 15 is 0 Å². The Morgan fingerprint density at radius 2 is 1.86 bits per heavy atom. The monoisotopic (exact) mass is 542 g/mol. The van der Waals surface area contributed by atoms with Crippen LogP contribution in [0.15, 0.2) is 29.5 Å². The number of carbonyl (C=O) groups is 2. The molecule has 0 bridgehead atoms. The smallest absolute Gasteiger partial charge is 0.296 e. The van der Waals surface area contributed by atoms with Gasteiger partial charge < -0.3 is 14.6 Å². The maximum atomic E-state index is 13.8. The maximum Gasteiger partial charge on any atom is 0.296 e. The van der Waals surface area contributed by atoms with Crippen LogP contribution in [0.5, 0.6) is 11.5 Å². The van der Waals surface area contributed by atoms with E-state index in [1.54, 1.807) is 32.0 Å². The highest BCUT2D eigenvalue weighted by atomic mass is 32.1. The Morgan fingerprint density at radius 3 is 2.46 bits per heavy atom. The van der Waals surface area contributed by atoms with Crippen LogP contribution >= 0.6 is 22.7 Å². The topological polar surface area (TPSA) is 115 Å². The molecule has 1 N–H and O–H groups in total. The molecule has 3 aromatic rings. The van der Waals surface area contributed by atoms with E-state index in [1.807, 2.05) is 13.8 Å². The number of amides is 1. The van der Waals surface area contributed by atoms with Gasteiger partial charge in [0.15, 0.2) is 17.3 Å². The third kappa shape index (κ3) is 5.37. The van der Waals surface area contributed by atoms with E-state index in [1.165, 1.54) is 27.6 Å². The fraction of sp³-hybridized carbons (Fsp3) is 0.423. The van der Waals surface area contributed by atoms with E-state index in [4.69, 9.17) is 9.47 Å². The maximum absolute atomic E-state index is 13.8. The molecule has 2 aromatic heterocycles. The molecular formula is C26H30N4O5S2. The number of hydrogen-bond acceptors (Lipinski definition) is 10. The summed E-state index contributed by atoms with van der Waals surface area (Å²) in [7, 11) is 0. The molecule has 1 amide bonds. The van der Waals surface area contributed by atoms with Gasteiger partial charge >= 0.3 is 0 Å². The number of aromatic nitrogens is 3. The Balaban J connectivity index is 1.82. The van der Waals surface area contributed by atoms with Crippen LogP contribution < -0.4 is 14.4 Å². The van der Waals surface area contributed by atoms with Gasteiger partial charge in [-0.2, -0.15) is 0 Å². The number of benzene rings is 1. The first-order valence-electron chi connectivity index (χ1n) is 12.1. The molecule has 11 heteroatoms. The summed E-state index contributed by atoms with van der Waals surface area (Å²) in [6, 6.07) is 4.37. The third-order valence-corrected chi connectivity index (χ3v) is 7.73. The fourth-order valence-corrected chi connectivity index (χ4v) is 5.67. The van der Waals surface area contributed by atoms with Crippen LogP contribution in [0.4, 0.5) is 5.13 Å². The van der Waals surface area contributed by atoms with Crippen molar-refractivity contribution in [3.8, 4) is 11.5 Å². The van der Waals surface area contributed by atoms with Crippen LogP contribution in [0.25, 0.3) is 0 Å². The molecule has 1 aliphatic heterocycles. The van der Waals surface area contributed by atoms with Crippen LogP contribution in [-0.2, 0) is 4.79 Å². The fourth-order valence-electron chi connectivity index (χ4n) is 4.08. The van der Waals surface area contributed by atoms with Crippen LogP contribution in [0.1, 0.15) is 64.2 Å². The number of aryl methyl sites for hydroxylation is 3. The highest BCUT2D eigenvalue weighted by Gasteiger charge is 2.47. The highest BCUT2D eigenvalue weighted by Crippen LogP contribution is 2.45. The zero-order valence-corrected chi connectivity index (χ0v) is 23.3. The van der Waals surface area contributed by atoms with Crippen molar-refractivity contribution in [2.24, 2.45) is 5.92 Å². The number of ketones is 1. The van der Waals surface area contributed by atoms with Crippen LogP contribution in [0.3, 0.4) is 0 Å². The molecule has 37 heavy (non-hydrogen) atoms. The number of anilines is 1. The summed E-state index contributed by atoms with van der Waals surface area (Å²) in [6.45, 7) is 12.4. The van der Waals surface area contributed by atoms with Gasteiger partial charge in [-0.05, 0) is 57.7 Å². The molecular weight excluding hydrogens is 512 g/mol. The van der Waals surface area contributed by atoms with Gasteiger partial charge in [-0.1, -0.05) is 31.3 Å². The lowest BCUT2D eigenvalue weighted by Gasteiger charge is -2.25. The average Bonchev–Trinajstić information content (AvgIpc) is 3.49. The SMILES string of the molecule is CCOc1cc(C2C(C(=O)c3sc(C)nc3C)=C(O)C(=O)N2c2nnc(C)s2)ccc1OCCC(C)C. The molecule has 1 unspecified atom stereocenters. The molecule has 1 aliphatic rings. The number of nitrogens with zero attached hydrogens (tertiary/aromatic N) is 4. The van der Waals surface area contributed by atoms with E-state index in [0.29, 0.717) is 51.8 Å². The first kappa shape index (κ1) is 26.7. The van der Waals surface area contributed by atoms with Gasteiger partial charge in [0.1, 0.15) is 5.01 Å². The molecule has 3 heterocycles. The van der Waals surface area contributed by atoms with Crippen molar-refractivity contribution in [1.29, 1.82) is 0 Å². The summed E-state index contributed by atoms with van der Waals surface area (Å²) in [5.41, 5.74) is 1.10. The third-order valence-electron chi connectivity index (χ3n) is 5.82. The Bertz CT molecular complexity index is 1360. The second kappa shape index (κ2) is 11.0. The Labute approximate surface area is 223 Å². The summed E-state index contributed by atoms with van der Waals surface area (Å²) in [4.78, 5) is 33.2. The van der Waals surface area contributed by atoms with Gasteiger partial charge in [-0.25, -0.2) is 4.98 Å². The lowest BCUT2D eigenvalue weighted by Crippen LogP contribution is -2.31. The van der Waals surface area contributed by atoms with Crippen molar-refractivity contribution < 1.29 is 24.2 Å².